The predicted molar refractivity (Wildman–Crippen MR) is 40.8 cm³/mol. The van der Waals surface area contributed by atoms with Crippen molar-refractivity contribution in [1.29, 1.82) is 0 Å². The Morgan fingerprint density at radius 1 is 1.64 bits per heavy atom. The summed E-state index contributed by atoms with van der Waals surface area (Å²) < 4.78 is 21.4. The van der Waals surface area contributed by atoms with Gasteiger partial charge in [0, 0.05) is 30.7 Å². The zero-order valence-corrected chi connectivity index (χ0v) is 7.52. The van der Waals surface area contributed by atoms with E-state index >= 15 is 0 Å². The van der Waals surface area contributed by atoms with Gasteiger partial charge < -0.3 is 4.90 Å². The highest BCUT2D eigenvalue weighted by Gasteiger charge is 2.35. The fourth-order valence-electron chi connectivity index (χ4n) is 1.01. The van der Waals surface area contributed by atoms with Crippen molar-refractivity contribution in [2.45, 2.75) is 11.7 Å². The molecule has 0 unspecified atom stereocenters. The standard InChI is InChI=1S/C5H8ClNO3S/c1-7-3-4(2-5(7)8)11(6,9)10/h4H,2-3H2,1H3/t4-/m1/s1. The topological polar surface area (TPSA) is 54.5 Å². The van der Waals surface area contributed by atoms with Gasteiger partial charge in [0.25, 0.3) is 0 Å². The number of carbonyl (C=O) groups is 1. The van der Waals surface area contributed by atoms with E-state index in [1.54, 1.807) is 7.05 Å². The molecule has 1 heterocycles. The molecule has 1 aliphatic rings. The largest absolute Gasteiger partial charge is 0.344 e. The minimum atomic E-state index is -3.56. The van der Waals surface area contributed by atoms with Gasteiger partial charge in [-0.3, -0.25) is 4.79 Å². The molecule has 4 nitrogen and oxygen atoms in total. The smallest absolute Gasteiger partial charge is 0.237 e. The van der Waals surface area contributed by atoms with Crippen LogP contribution in [0.1, 0.15) is 6.42 Å². The lowest BCUT2D eigenvalue weighted by Gasteiger charge is -2.06. The quantitative estimate of drug-likeness (QED) is 0.547. The molecule has 11 heavy (non-hydrogen) atoms. The molecule has 0 saturated carbocycles. The molecule has 0 aromatic carbocycles. The zero-order chi connectivity index (χ0) is 8.65. The molecular weight excluding hydrogens is 190 g/mol. The number of likely N-dealkylation sites (tertiary alicyclic amines) is 1. The van der Waals surface area contributed by atoms with Crippen LogP contribution in [0, 0.1) is 0 Å². The lowest BCUT2D eigenvalue weighted by Crippen LogP contribution is -2.22. The van der Waals surface area contributed by atoms with Gasteiger partial charge in [0.1, 0.15) is 5.25 Å². The summed E-state index contributed by atoms with van der Waals surface area (Å²) in [6.07, 6.45) is 0.0162. The normalized spacial score (nSPS) is 26.2. The van der Waals surface area contributed by atoms with Crippen LogP contribution in [0.15, 0.2) is 0 Å². The molecule has 0 N–H and O–H groups in total. The Morgan fingerprint density at radius 3 is 2.36 bits per heavy atom. The van der Waals surface area contributed by atoms with Gasteiger partial charge in [-0.05, 0) is 0 Å². The summed E-state index contributed by atoms with van der Waals surface area (Å²) in [6.45, 7) is 0.213. The lowest BCUT2D eigenvalue weighted by molar-refractivity contribution is -0.126. The van der Waals surface area contributed by atoms with E-state index in [4.69, 9.17) is 10.7 Å². The van der Waals surface area contributed by atoms with Gasteiger partial charge in [0.2, 0.25) is 15.0 Å². The van der Waals surface area contributed by atoms with Crippen molar-refractivity contribution in [1.82, 2.24) is 4.90 Å². The van der Waals surface area contributed by atoms with Crippen LogP contribution in [-0.2, 0) is 13.8 Å². The minimum absolute atomic E-state index is 0.0162. The van der Waals surface area contributed by atoms with Crippen molar-refractivity contribution in [2.75, 3.05) is 13.6 Å². The van der Waals surface area contributed by atoms with E-state index in [1.807, 2.05) is 0 Å². The average Bonchev–Trinajstić information content (AvgIpc) is 2.11. The van der Waals surface area contributed by atoms with E-state index in [-0.39, 0.29) is 18.9 Å². The van der Waals surface area contributed by atoms with E-state index in [0.29, 0.717) is 0 Å². The van der Waals surface area contributed by atoms with Gasteiger partial charge in [-0.2, -0.15) is 0 Å². The molecule has 0 spiro atoms. The number of nitrogens with zero attached hydrogens (tertiary/aromatic N) is 1. The molecule has 0 radical (unpaired) electrons. The summed E-state index contributed by atoms with van der Waals surface area (Å²) in [5, 5.41) is -0.721. The summed E-state index contributed by atoms with van der Waals surface area (Å²) >= 11 is 0. The molecule has 1 atom stereocenters. The molecule has 0 bridgehead atoms. The van der Waals surface area contributed by atoms with Gasteiger partial charge in [-0.15, -0.1) is 0 Å². The van der Waals surface area contributed by atoms with Crippen LogP contribution in [-0.4, -0.2) is 38.1 Å². The van der Waals surface area contributed by atoms with Crippen LogP contribution in [0.4, 0.5) is 0 Å². The number of hydrogen-bond acceptors (Lipinski definition) is 3. The van der Waals surface area contributed by atoms with Crippen LogP contribution in [0.3, 0.4) is 0 Å². The Balaban J connectivity index is 2.77. The molecule has 1 saturated heterocycles. The van der Waals surface area contributed by atoms with Crippen molar-refractivity contribution >= 4 is 25.6 Å². The summed E-state index contributed by atoms with van der Waals surface area (Å²) in [7, 11) is 3.06. The van der Waals surface area contributed by atoms with Crippen molar-refractivity contribution in [3.05, 3.63) is 0 Å². The van der Waals surface area contributed by atoms with Gasteiger partial charge in [-0.1, -0.05) is 0 Å². The molecule has 1 fully saturated rings. The molecule has 1 rings (SSSR count). The highest BCUT2D eigenvalue weighted by atomic mass is 35.7. The van der Waals surface area contributed by atoms with E-state index in [0.717, 1.165) is 0 Å². The third-order valence-corrected chi connectivity index (χ3v) is 3.57. The Bertz CT molecular complexity index is 273. The molecular formula is C5H8ClNO3S. The molecule has 0 aromatic heterocycles. The van der Waals surface area contributed by atoms with E-state index in [1.165, 1.54) is 4.90 Å². The average molecular weight is 198 g/mol. The Morgan fingerprint density at radius 2 is 2.18 bits per heavy atom. The Hall–Kier alpha value is -0.290. The fourth-order valence-corrected chi connectivity index (χ4v) is 2.11. The fraction of sp³-hybridized carbons (Fsp3) is 0.800. The summed E-state index contributed by atoms with van der Waals surface area (Å²) in [5.41, 5.74) is 0. The zero-order valence-electron chi connectivity index (χ0n) is 5.95. The highest BCUT2D eigenvalue weighted by Crippen LogP contribution is 2.19. The first-order valence-electron chi connectivity index (χ1n) is 3.08. The number of halogens is 1. The van der Waals surface area contributed by atoms with Gasteiger partial charge in [-0.25, -0.2) is 8.42 Å². The molecule has 1 amide bonds. The molecule has 1 aliphatic heterocycles. The van der Waals surface area contributed by atoms with Crippen LogP contribution >= 0.6 is 10.7 Å². The van der Waals surface area contributed by atoms with Crippen LogP contribution in [0.5, 0.6) is 0 Å². The Kier molecular flexibility index (Phi) is 2.11. The second-order valence-electron chi connectivity index (χ2n) is 2.58. The third-order valence-electron chi connectivity index (χ3n) is 1.70. The SMILES string of the molecule is CN1C[C@H](S(=O)(=O)Cl)CC1=O. The maximum Gasteiger partial charge on any atom is 0.237 e. The predicted octanol–water partition coefficient (Wildman–Crippen LogP) is -0.214. The molecule has 0 aromatic rings. The number of hydrogen-bond donors (Lipinski definition) is 0. The van der Waals surface area contributed by atoms with Gasteiger partial charge in [0.15, 0.2) is 0 Å². The second-order valence-corrected chi connectivity index (χ2v) is 5.48. The first-order valence-corrected chi connectivity index (χ1v) is 5.46. The molecule has 6 heteroatoms. The number of rotatable bonds is 1. The van der Waals surface area contributed by atoms with Gasteiger partial charge >= 0.3 is 0 Å². The lowest BCUT2D eigenvalue weighted by atomic mass is 10.4. The monoisotopic (exact) mass is 197 g/mol. The Labute approximate surface area is 69.5 Å². The van der Waals surface area contributed by atoms with Crippen molar-refractivity contribution in [2.24, 2.45) is 0 Å². The first kappa shape index (κ1) is 8.80. The van der Waals surface area contributed by atoms with Crippen LogP contribution in [0.2, 0.25) is 0 Å². The van der Waals surface area contributed by atoms with Crippen molar-refractivity contribution < 1.29 is 13.2 Å². The molecule has 64 valence electrons. The van der Waals surface area contributed by atoms with E-state index < -0.39 is 14.3 Å². The summed E-state index contributed by atoms with van der Waals surface area (Å²) in [6, 6.07) is 0. The van der Waals surface area contributed by atoms with Crippen LogP contribution < -0.4 is 0 Å². The second kappa shape index (κ2) is 2.64. The summed E-state index contributed by atoms with van der Waals surface area (Å²) in [4.78, 5) is 12.2. The third kappa shape index (κ3) is 1.84. The van der Waals surface area contributed by atoms with E-state index in [9.17, 15) is 13.2 Å². The minimum Gasteiger partial charge on any atom is -0.344 e. The highest BCUT2D eigenvalue weighted by molar-refractivity contribution is 8.14. The summed E-state index contributed by atoms with van der Waals surface area (Å²) in [5.74, 6) is -0.167. The van der Waals surface area contributed by atoms with Crippen molar-refractivity contribution in [3.8, 4) is 0 Å². The van der Waals surface area contributed by atoms with E-state index in [2.05, 4.69) is 0 Å². The molecule has 0 aliphatic carbocycles. The van der Waals surface area contributed by atoms with Crippen molar-refractivity contribution in [3.63, 3.8) is 0 Å². The maximum absolute atomic E-state index is 10.8. The maximum atomic E-state index is 10.8. The first-order chi connectivity index (χ1) is 4.91. The van der Waals surface area contributed by atoms with Crippen LogP contribution in [0.25, 0.3) is 0 Å². The number of carbonyl (C=O) groups excluding carboxylic acids is 1. The number of amides is 1. The van der Waals surface area contributed by atoms with Gasteiger partial charge in [0.05, 0.1) is 0 Å².